The number of rotatable bonds is 3. The van der Waals surface area contributed by atoms with Crippen molar-refractivity contribution in [2.24, 2.45) is 0 Å². The standard InChI is InChI=1S/C12H16F2N2O3/c13-12(14)1-2-15-5-9(12)7-3-8(10(18)6-17)11(19)16-4-7/h3-4,9-10,15,17-18H,1-2,5-6H2,(H,16,19)/t9-,10+/m0/s1. The molecule has 0 saturated carbocycles. The van der Waals surface area contributed by atoms with Crippen LogP contribution < -0.4 is 10.9 Å². The van der Waals surface area contributed by atoms with Gasteiger partial charge in [-0.05, 0) is 11.6 Å². The lowest BCUT2D eigenvalue weighted by Gasteiger charge is -2.32. The summed E-state index contributed by atoms with van der Waals surface area (Å²) in [5, 5.41) is 21.2. The molecule has 19 heavy (non-hydrogen) atoms. The van der Waals surface area contributed by atoms with Gasteiger partial charge in [-0.2, -0.15) is 0 Å². The molecular weight excluding hydrogens is 258 g/mol. The fourth-order valence-corrected chi connectivity index (χ4v) is 2.25. The lowest BCUT2D eigenvalue weighted by Crippen LogP contribution is -2.43. The van der Waals surface area contributed by atoms with Gasteiger partial charge in [-0.3, -0.25) is 4.79 Å². The summed E-state index contributed by atoms with van der Waals surface area (Å²) in [5.41, 5.74) is -0.432. The topological polar surface area (TPSA) is 85.4 Å². The van der Waals surface area contributed by atoms with Gasteiger partial charge < -0.3 is 20.5 Å². The molecule has 0 spiro atoms. The highest BCUT2D eigenvalue weighted by Gasteiger charge is 2.42. The van der Waals surface area contributed by atoms with E-state index in [9.17, 15) is 18.7 Å². The second-order valence-electron chi connectivity index (χ2n) is 4.68. The predicted octanol–water partition coefficient (Wildman–Crippen LogP) is 0.113. The monoisotopic (exact) mass is 274 g/mol. The SMILES string of the molecule is O=c1[nH]cc([C@@H]2CNCCC2(F)F)cc1[C@H](O)CO. The van der Waals surface area contributed by atoms with Crippen LogP contribution in [-0.4, -0.2) is 40.8 Å². The van der Waals surface area contributed by atoms with Crippen molar-refractivity contribution in [1.82, 2.24) is 10.3 Å². The number of aromatic amines is 1. The van der Waals surface area contributed by atoms with E-state index in [1.807, 2.05) is 0 Å². The van der Waals surface area contributed by atoms with Crippen LogP contribution in [0.25, 0.3) is 0 Å². The van der Waals surface area contributed by atoms with E-state index in [0.29, 0.717) is 0 Å². The number of hydrogen-bond donors (Lipinski definition) is 4. The molecule has 1 saturated heterocycles. The molecule has 0 unspecified atom stereocenters. The van der Waals surface area contributed by atoms with Gasteiger partial charge in [-0.25, -0.2) is 8.78 Å². The Balaban J connectivity index is 2.37. The van der Waals surface area contributed by atoms with E-state index in [-0.39, 0.29) is 30.6 Å². The Kier molecular flexibility index (Phi) is 3.98. The number of aliphatic hydroxyl groups is 2. The van der Waals surface area contributed by atoms with Gasteiger partial charge in [-0.15, -0.1) is 0 Å². The zero-order valence-corrected chi connectivity index (χ0v) is 10.2. The van der Waals surface area contributed by atoms with Crippen LogP contribution in [0.4, 0.5) is 8.78 Å². The zero-order valence-electron chi connectivity index (χ0n) is 10.2. The summed E-state index contributed by atoms with van der Waals surface area (Å²) in [6.07, 6.45) is -0.398. The van der Waals surface area contributed by atoms with Crippen LogP contribution in [0, 0.1) is 0 Å². The maximum Gasteiger partial charge on any atom is 0.257 e. The fraction of sp³-hybridized carbons (Fsp3) is 0.583. The highest BCUT2D eigenvalue weighted by atomic mass is 19.3. The Bertz CT molecular complexity index is 504. The van der Waals surface area contributed by atoms with Crippen molar-refractivity contribution in [2.75, 3.05) is 19.7 Å². The summed E-state index contributed by atoms with van der Waals surface area (Å²) in [5.74, 6) is -3.91. The summed E-state index contributed by atoms with van der Waals surface area (Å²) in [4.78, 5) is 13.8. The van der Waals surface area contributed by atoms with Crippen molar-refractivity contribution in [3.63, 3.8) is 0 Å². The maximum atomic E-state index is 13.8. The maximum absolute atomic E-state index is 13.8. The first kappa shape index (κ1) is 14.1. The van der Waals surface area contributed by atoms with E-state index in [1.165, 1.54) is 12.3 Å². The predicted molar refractivity (Wildman–Crippen MR) is 64.3 cm³/mol. The normalized spacial score (nSPS) is 24.1. The van der Waals surface area contributed by atoms with Gasteiger partial charge in [0.2, 0.25) is 0 Å². The highest BCUT2D eigenvalue weighted by molar-refractivity contribution is 5.26. The van der Waals surface area contributed by atoms with Crippen LogP contribution in [-0.2, 0) is 0 Å². The second-order valence-corrected chi connectivity index (χ2v) is 4.68. The molecule has 0 amide bonds. The van der Waals surface area contributed by atoms with E-state index in [4.69, 9.17) is 5.11 Å². The van der Waals surface area contributed by atoms with Crippen LogP contribution in [0.5, 0.6) is 0 Å². The number of halogens is 2. The third-order valence-electron chi connectivity index (χ3n) is 3.38. The first-order valence-electron chi connectivity index (χ1n) is 6.05. The van der Waals surface area contributed by atoms with Crippen molar-refractivity contribution in [1.29, 1.82) is 0 Å². The number of piperidine rings is 1. The Hall–Kier alpha value is -1.31. The van der Waals surface area contributed by atoms with Gasteiger partial charge in [0.1, 0.15) is 6.10 Å². The fourth-order valence-electron chi connectivity index (χ4n) is 2.25. The molecule has 1 aromatic heterocycles. The lowest BCUT2D eigenvalue weighted by atomic mass is 9.88. The molecule has 1 aliphatic heterocycles. The van der Waals surface area contributed by atoms with Gasteiger partial charge >= 0.3 is 0 Å². The third kappa shape index (κ3) is 2.83. The molecule has 0 bridgehead atoms. The van der Waals surface area contributed by atoms with Gasteiger partial charge in [0, 0.05) is 31.3 Å². The Morgan fingerprint density at radius 3 is 2.89 bits per heavy atom. The van der Waals surface area contributed by atoms with Crippen molar-refractivity contribution in [3.05, 3.63) is 33.7 Å². The molecule has 0 aliphatic carbocycles. The summed E-state index contributed by atoms with van der Waals surface area (Å²) in [6, 6.07) is 1.24. The molecule has 4 N–H and O–H groups in total. The quantitative estimate of drug-likeness (QED) is 0.630. The Labute approximate surface area is 108 Å². The number of H-pyrrole nitrogens is 1. The molecule has 0 radical (unpaired) electrons. The number of hydrogen-bond acceptors (Lipinski definition) is 4. The van der Waals surface area contributed by atoms with Crippen LogP contribution in [0.1, 0.15) is 29.6 Å². The van der Waals surface area contributed by atoms with Crippen LogP contribution in [0.3, 0.4) is 0 Å². The summed E-state index contributed by atoms with van der Waals surface area (Å²) in [6.45, 7) is -0.279. The molecular formula is C12H16F2N2O3. The number of aliphatic hydroxyl groups excluding tert-OH is 2. The molecule has 7 heteroatoms. The lowest BCUT2D eigenvalue weighted by molar-refractivity contribution is -0.0481. The van der Waals surface area contributed by atoms with Gasteiger partial charge in [-0.1, -0.05) is 0 Å². The minimum Gasteiger partial charge on any atom is -0.393 e. The Morgan fingerprint density at radius 2 is 2.26 bits per heavy atom. The molecule has 1 aromatic rings. The molecule has 1 aliphatic rings. The Morgan fingerprint density at radius 1 is 1.53 bits per heavy atom. The van der Waals surface area contributed by atoms with Gasteiger partial charge in [0.25, 0.3) is 11.5 Å². The van der Waals surface area contributed by atoms with E-state index in [2.05, 4.69) is 10.3 Å². The van der Waals surface area contributed by atoms with Crippen molar-refractivity contribution < 1.29 is 19.0 Å². The summed E-state index contributed by atoms with van der Waals surface area (Å²) >= 11 is 0. The molecule has 0 aromatic carbocycles. The number of aromatic nitrogens is 1. The van der Waals surface area contributed by atoms with E-state index in [1.54, 1.807) is 0 Å². The van der Waals surface area contributed by atoms with Crippen molar-refractivity contribution >= 4 is 0 Å². The number of nitrogens with one attached hydrogen (secondary N) is 2. The second kappa shape index (κ2) is 5.36. The molecule has 5 nitrogen and oxygen atoms in total. The van der Waals surface area contributed by atoms with E-state index in [0.717, 1.165) is 0 Å². The summed E-state index contributed by atoms with van der Waals surface area (Å²) in [7, 11) is 0. The average molecular weight is 274 g/mol. The van der Waals surface area contributed by atoms with E-state index >= 15 is 0 Å². The molecule has 1 fully saturated rings. The van der Waals surface area contributed by atoms with E-state index < -0.39 is 30.1 Å². The van der Waals surface area contributed by atoms with Crippen LogP contribution in [0.15, 0.2) is 17.1 Å². The first-order chi connectivity index (χ1) is 8.95. The van der Waals surface area contributed by atoms with Crippen LogP contribution in [0.2, 0.25) is 0 Å². The van der Waals surface area contributed by atoms with Crippen molar-refractivity contribution in [3.8, 4) is 0 Å². The number of pyridine rings is 1. The minimum atomic E-state index is -2.86. The van der Waals surface area contributed by atoms with Crippen LogP contribution >= 0.6 is 0 Å². The minimum absolute atomic E-state index is 0.0960. The largest absolute Gasteiger partial charge is 0.393 e. The van der Waals surface area contributed by atoms with Gasteiger partial charge in [0.05, 0.1) is 12.5 Å². The highest BCUT2D eigenvalue weighted by Crippen LogP contribution is 2.37. The molecule has 106 valence electrons. The first-order valence-corrected chi connectivity index (χ1v) is 6.05. The summed E-state index contributed by atoms with van der Waals surface area (Å²) < 4.78 is 27.7. The van der Waals surface area contributed by atoms with Crippen molar-refractivity contribution in [2.45, 2.75) is 24.4 Å². The molecule has 2 rings (SSSR count). The average Bonchev–Trinajstić information content (AvgIpc) is 2.38. The van der Waals surface area contributed by atoms with Gasteiger partial charge in [0.15, 0.2) is 0 Å². The number of alkyl halides is 2. The third-order valence-corrected chi connectivity index (χ3v) is 3.38. The molecule has 2 atom stereocenters. The molecule has 2 heterocycles. The smallest absolute Gasteiger partial charge is 0.257 e. The zero-order chi connectivity index (χ0) is 14.0.